The van der Waals surface area contributed by atoms with Gasteiger partial charge in [-0.25, -0.2) is 6.57 Å². The molecule has 1 aromatic heterocycles. The van der Waals surface area contributed by atoms with Gasteiger partial charge in [-0.3, -0.25) is 14.8 Å². The molecule has 0 fully saturated rings. The predicted molar refractivity (Wildman–Crippen MR) is 45.0 cm³/mol. The molecular weight excluding hydrogens is 172 g/mol. The standard InChI is InChI=1S/C7H8N4O2/c1-8-4-3-6-7(11(12)13)5-9-10(6)2/h5H,3-4H2,2H3. The van der Waals surface area contributed by atoms with E-state index >= 15 is 0 Å². The molecule has 1 aromatic rings. The van der Waals surface area contributed by atoms with E-state index in [9.17, 15) is 10.1 Å². The predicted octanol–water partition coefficient (Wildman–Crippen LogP) is 0.790. The smallest absolute Gasteiger partial charge is 0.310 e. The van der Waals surface area contributed by atoms with Crippen molar-refractivity contribution in [2.24, 2.45) is 7.05 Å². The van der Waals surface area contributed by atoms with Crippen LogP contribution in [-0.4, -0.2) is 21.2 Å². The molecule has 0 aliphatic carbocycles. The number of nitrogens with zero attached hydrogens (tertiary/aromatic N) is 4. The van der Waals surface area contributed by atoms with Crippen LogP contribution in [0.4, 0.5) is 5.69 Å². The number of hydrogen-bond donors (Lipinski definition) is 0. The van der Waals surface area contributed by atoms with Crippen molar-refractivity contribution in [1.29, 1.82) is 0 Å². The molecule has 6 heteroatoms. The second kappa shape index (κ2) is 3.67. The van der Waals surface area contributed by atoms with Crippen LogP contribution in [0.1, 0.15) is 5.69 Å². The maximum absolute atomic E-state index is 10.5. The van der Waals surface area contributed by atoms with Gasteiger partial charge in [0.1, 0.15) is 11.9 Å². The van der Waals surface area contributed by atoms with Gasteiger partial charge in [0.05, 0.1) is 11.3 Å². The van der Waals surface area contributed by atoms with E-state index < -0.39 is 4.92 Å². The Morgan fingerprint density at radius 1 is 1.85 bits per heavy atom. The van der Waals surface area contributed by atoms with Gasteiger partial charge >= 0.3 is 5.69 Å². The Morgan fingerprint density at radius 3 is 3.08 bits per heavy atom. The van der Waals surface area contributed by atoms with Gasteiger partial charge in [0.25, 0.3) is 0 Å². The lowest BCUT2D eigenvalue weighted by atomic mass is 10.3. The van der Waals surface area contributed by atoms with Crippen molar-refractivity contribution in [3.8, 4) is 0 Å². The van der Waals surface area contributed by atoms with Crippen molar-refractivity contribution in [2.75, 3.05) is 6.54 Å². The number of aryl methyl sites for hydroxylation is 1. The summed E-state index contributed by atoms with van der Waals surface area (Å²) in [6.45, 7) is 6.83. The topological polar surface area (TPSA) is 65.3 Å². The van der Waals surface area contributed by atoms with E-state index in [0.717, 1.165) is 0 Å². The lowest BCUT2D eigenvalue weighted by molar-refractivity contribution is -0.385. The van der Waals surface area contributed by atoms with Crippen LogP contribution in [0.5, 0.6) is 0 Å². The minimum atomic E-state index is -0.480. The molecule has 6 nitrogen and oxygen atoms in total. The monoisotopic (exact) mass is 180 g/mol. The molecule has 0 aliphatic rings. The van der Waals surface area contributed by atoms with Crippen LogP contribution in [0.3, 0.4) is 0 Å². The van der Waals surface area contributed by atoms with E-state index in [2.05, 4.69) is 9.94 Å². The van der Waals surface area contributed by atoms with Crippen molar-refractivity contribution >= 4 is 5.69 Å². The van der Waals surface area contributed by atoms with E-state index in [4.69, 9.17) is 6.57 Å². The zero-order valence-corrected chi connectivity index (χ0v) is 7.10. The van der Waals surface area contributed by atoms with Gasteiger partial charge in [0.2, 0.25) is 6.54 Å². The molecule has 1 heterocycles. The fraction of sp³-hybridized carbons (Fsp3) is 0.429. The summed E-state index contributed by atoms with van der Waals surface area (Å²) in [6, 6.07) is 0. The van der Waals surface area contributed by atoms with Crippen LogP contribution in [0.2, 0.25) is 0 Å². The zero-order valence-electron chi connectivity index (χ0n) is 7.10. The Balaban J connectivity index is 2.96. The summed E-state index contributed by atoms with van der Waals surface area (Å²) >= 11 is 0. The molecule has 0 amide bonds. The van der Waals surface area contributed by atoms with E-state index in [1.807, 2.05) is 0 Å². The third kappa shape index (κ3) is 1.82. The summed E-state index contributed by atoms with van der Waals surface area (Å²) in [7, 11) is 1.63. The summed E-state index contributed by atoms with van der Waals surface area (Å²) in [5, 5.41) is 14.2. The average Bonchev–Trinajstić information content (AvgIpc) is 2.43. The highest BCUT2D eigenvalue weighted by Gasteiger charge is 2.18. The molecule has 0 bridgehead atoms. The molecule has 0 spiro atoms. The molecule has 0 saturated heterocycles. The Labute approximate surface area is 74.8 Å². The molecule has 68 valence electrons. The van der Waals surface area contributed by atoms with Crippen molar-refractivity contribution in [2.45, 2.75) is 6.42 Å². The van der Waals surface area contributed by atoms with Crippen LogP contribution in [-0.2, 0) is 13.5 Å². The van der Waals surface area contributed by atoms with E-state index in [-0.39, 0.29) is 12.2 Å². The van der Waals surface area contributed by atoms with Gasteiger partial charge < -0.3 is 4.85 Å². The van der Waals surface area contributed by atoms with Gasteiger partial charge in [-0.2, -0.15) is 5.10 Å². The molecule has 0 N–H and O–H groups in total. The molecule has 0 aromatic carbocycles. The van der Waals surface area contributed by atoms with E-state index in [0.29, 0.717) is 12.1 Å². The van der Waals surface area contributed by atoms with Gasteiger partial charge in [0, 0.05) is 7.05 Å². The molecule has 0 radical (unpaired) electrons. The summed E-state index contributed by atoms with van der Waals surface area (Å²) in [5.74, 6) is 0. The largest absolute Gasteiger partial charge is 0.317 e. The minimum absolute atomic E-state index is 0.00819. The maximum Gasteiger partial charge on any atom is 0.310 e. The molecule has 0 aliphatic heterocycles. The van der Waals surface area contributed by atoms with Crippen LogP contribution in [0.25, 0.3) is 4.85 Å². The Bertz CT molecular complexity index is 363. The minimum Gasteiger partial charge on any atom is -0.317 e. The Hall–Kier alpha value is -1.90. The molecule has 1 rings (SSSR count). The summed E-state index contributed by atoms with van der Waals surface area (Å²) < 4.78 is 1.43. The van der Waals surface area contributed by atoms with Crippen molar-refractivity contribution in [3.63, 3.8) is 0 Å². The van der Waals surface area contributed by atoms with Crippen molar-refractivity contribution in [1.82, 2.24) is 9.78 Å². The van der Waals surface area contributed by atoms with Crippen LogP contribution in [0, 0.1) is 16.7 Å². The van der Waals surface area contributed by atoms with Gasteiger partial charge in [-0.05, 0) is 0 Å². The van der Waals surface area contributed by atoms with E-state index in [1.165, 1.54) is 10.9 Å². The summed E-state index contributed by atoms with van der Waals surface area (Å²) in [6.07, 6.45) is 1.58. The first-order chi connectivity index (χ1) is 6.16. The summed E-state index contributed by atoms with van der Waals surface area (Å²) in [5.41, 5.74) is 0.493. The third-order valence-corrected chi connectivity index (χ3v) is 1.70. The van der Waals surface area contributed by atoms with Crippen molar-refractivity contribution in [3.05, 3.63) is 33.4 Å². The highest BCUT2D eigenvalue weighted by Crippen LogP contribution is 2.16. The molecular formula is C7H8N4O2. The van der Waals surface area contributed by atoms with Gasteiger partial charge in [0.15, 0.2) is 0 Å². The maximum atomic E-state index is 10.5. The SMILES string of the molecule is [C-]#[N+]CCc1c([N+](=O)[O-])cnn1C. The lowest BCUT2D eigenvalue weighted by Gasteiger charge is -1.95. The average molecular weight is 180 g/mol. The van der Waals surface area contributed by atoms with E-state index in [1.54, 1.807) is 7.05 Å². The molecule has 13 heavy (non-hydrogen) atoms. The normalized spacial score (nSPS) is 9.54. The number of hydrogen-bond acceptors (Lipinski definition) is 3. The Morgan fingerprint density at radius 2 is 2.54 bits per heavy atom. The fourth-order valence-corrected chi connectivity index (χ4v) is 1.06. The highest BCUT2D eigenvalue weighted by atomic mass is 16.6. The third-order valence-electron chi connectivity index (χ3n) is 1.70. The first-order valence-corrected chi connectivity index (χ1v) is 3.65. The van der Waals surface area contributed by atoms with Crippen LogP contribution < -0.4 is 0 Å². The van der Waals surface area contributed by atoms with Crippen molar-refractivity contribution < 1.29 is 4.92 Å². The quantitative estimate of drug-likeness (QED) is 0.392. The molecule has 0 unspecified atom stereocenters. The lowest BCUT2D eigenvalue weighted by Crippen LogP contribution is -2.02. The zero-order chi connectivity index (χ0) is 9.84. The first-order valence-electron chi connectivity index (χ1n) is 3.65. The van der Waals surface area contributed by atoms with Crippen LogP contribution in [0.15, 0.2) is 6.20 Å². The highest BCUT2D eigenvalue weighted by molar-refractivity contribution is 5.33. The molecule has 0 atom stereocenters. The number of aromatic nitrogens is 2. The van der Waals surface area contributed by atoms with Gasteiger partial charge in [-0.1, -0.05) is 0 Å². The van der Waals surface area contributed by atoms with Gasteiger partial charge in [-0.15, -0.1) is 0 Å². The second-order valence-corrected chi connectivity index (χ2v) is 2.49. The fourth-order valence-electron chi connectivity index (χ4n) is 1.06. The summed E-state index contributed by atoms with van der Waals surface area (Å²) in [4.78, 5) is 13.1. The number of nitro groups is 1. The molecule has 0 saturated carbocycles. The Kier molecular flexibility index (Phi) is 2.59. The second-order valence-electron chi connectivity index (χ2n) is 2.49. The number of rotatable bonds is 3. The van der Waals surface area contributed by atoms with Crippen LogP contribution >= 0.6 is 0 Å². The first kappa shape index (κ1) is 9.19.